The molecule has 0 amide bonds. The fourth-order valence-corrected chi connectivity index (χ4v) is 3.94. The summed E-state index contributed by atoms with van der Waals surface area (Å²) in [6.45, 7) is 12.3. The second-order valence-corrected chi connectivity index (χ2v) is 8.78. The molecule has 0 radical (unpaired) electrons. The third-order valence-electron chi connectivity index (χ3n) is 4.90. The van der Waals surface area contributed by atoms with Gasteiger partial charge >= 0.3 is 0 Å². The van der Waals surface area contributed by atoms with E-state index in [4.69, 9.17) is 11.6 Å². The smallest absolute Gasteiger partial charge is 0.137 e. The van der Waals surface area contributed by atoms with E-state index >= 15 is 0 Å². The lowest BCUT2D eigenvalue weighted by atomic mass is 9.70. The SMILES string of the molecule is C=CCC(CC(C)Cc1ccc(Cl)cc1)(C(O)C(C)(C)C)n1cncn1. The van der Waals surface area contributed by atoms with Crippen LogP contribution in [0.4, 0.5) is 0 Å². The van der Waals surface area contributed by atoms with E-state index in [0.29, 0.717) is 12.3 Å². The summed E-state index contributed by atoms with van der Waals surface area (Å²) in [6.07, 6.45) is 6.79. The molecule has 4 nitrogen and oxygen atoms in total. The Hall–Kier alpha value is -1.65. The molecule has 0 bridgehead atoms. The summed E-state index contributed by atoms with van der Waals surface area (Å²) in [6, 6.07) is 7.96. The normalized spacial score (nSPS) is 16.7. The van der Waals surface area contributed by atoms with Gasteiger partial charge in [0.2, 0.25) is 0 Å². The lowest BCUT2D eigenvalue weighted by Gasteiger charge is -2.45. The molecule has 1 aromatic heterocycles. The molecule has 0 aliphatic heterocycles. The van der Waals surface area contributed by atoms with E-state index in [-0.39, 0.29) is 5.41 Å². The van der Waals surface area contributed by atoms with Gasteiger partial charge in [-0.3, -0.25) is 0 Å². The molecule has 3 unspecified atom stereocenters. The molecule has 3 atom stereocenters. The third-order valence-corrected chi connectivity index (χ3v) is 5.15. The van der Waals surface area contributed by atoms with Gasteiger partial charge in [0.1, 0.15) is 12.7 Å². The van der Waals surface area contributed by atoms with Crippen molar-refractivity contribution in [3.8, 4) is 0 Å². The van der Waals surface area contributed by atoms with Crippen LogP contribution in [-0.2, 0) is 12.0 Å². The van der Waals surface area contributed by atoms with Crippen LogP contribution in [0, 0.1) is 11.3 Å². The van der Waals surface area contributed by atoms with Gasteiger partial charge in [-0.15, -0.1) is 6.58 Å². The third kappa shape index (κ3) is 4.74. The molecule has 1 aromatic carbocycles. The molecule has 2 rings (SSSR count). The highest BCUT2D eigenvalue weighted by atomic mass is 35.5. The van der Waals surface area contributed by atoms with Crippen molar-refractivity contribution in [1.29, 1.82) is 0 Å². The van der Waals surface area contributed by atoms with E-state index in [1.807, 2.05) is 22.9 Å². The second kappa shape index (κ2) is 8.36. The first-order chi connectivity index (χ1) is 12.2. The van der Waals surface area contributed by atoms with Crippen LogP contribution in [0.2, 0.25) is 5.02 Å². The van der Waals surface area contributed by atoms with Gasteiger partial charge in [-0.2, -0.15) is 5.10 Å². The van der Waals surface area contributed by atoms with E-state index in [1.54, 1.807) is 6.33 Å². The van der Waals surface area contributed by atoms with Crippen molar-refractivity contribution in [2.45, 2.75) is 58.6 Å². The van der Waals surface area contributed by atoms with Crippen LogP contribution in [0.15, 0.2) is 49.6 Å². The number of aliphatic hydroxyl groups excluding tert-OH is 1. The van der Waals surface area contributed by atoms with E-state index in [0.717, 1.165) is 17.9 Å². The predicted molar refractivity (Wildman–Crippen MR) is 107 cm³/mol. The van der Waals surface area contributed by atoms with Gasteiger partial charge in [0.05, 0.1) is 11.6 Å². The maximum Gasteiger partial charge on any atom is 0.137 e. The molecule has 0 aliphatic rings. The highest BCUT2D eigenvalue weighted by molar-refractivity contribution is 6.30. The highest BCUT2D eigenvalue weighted by Crippen LogP contribution is 2.41. The Morgan fingerprint density at radius 1 is 1.27 bits per heavy atom. The van der Waals surface area contributed by atoms with Crippen molar-refractivity contribution in [2.24, 2.45) is 11.3 Å². The van der Waals surface area contributed by atoms with Crippen LogP contribution >= 0.6 is 11.6 Å². The fraction of sp³-hybridized carbons (Fsp3) is 0.524. The van der Waals surface area contributed by atoms with Gasteiger partial charge in [0.25, 0.3) is 0 Å². The summed E-state index contributed by atoms with van der Waals surface area (Å²) < 4.78 is 1.82. The van der Waals surface area contributed by atoms with Crippen LogP contribution in [0.1, 0.15) is 46.1 Å². The lowest BCUT2D eigenvalue weighted by molar-refractivity contribution is -0.0584. The molecule has 0 saturated carbocycles. The van der Waals surface area contributed by atoms with E-state index in [1.165, 1.54) is 11.9 Å². The molecular weight excluding hydrogens is 346 g/mol. The van der Waals surface area contributed by atoms with Gasteiger partial charge in [-0.25, -0.2) is 9.67 Å². The van der Waals surface area contributed by atoms with Crippen LogP contribution < -0.4 is 0 Å². The van der Waals surface area contributed by atoms with Crippen molar-refractivity contribution >= 4 is 11.6 Å². The average Bonchev–Trinajstić information content (AvgIpc) is 3.10. The fourth-order valence-electron chi connectivity index (χ4n) is 3.81. The lowest BCUT2D eigenvalue weighted by Crippen LogP contribution is -2.52. The van der Waals surface area contributed by atoms with Gasteiger partial charge in [-0.05, 0) is 48.3 Å². The minimum atomic E-state index is -0.595. The summed E-state index contributed by atoms with van der Waals surface area (Å²) in [5.41, 5.74) is 0.357. The highest BCUT2D eigenvalue weighted by Gasteiger charge is 2.46. The summed E-state index contributed by atoms with van der Waals surface area (Å²) in [4.78, 5) is 4.13. The molecule has 0 saturated heterocycles. The molecule has 1 N–H and O–H groups in total. The van der Waals surface area contributed by atoms with Crippen LogP contribution in [0.3, 0.4) is 0 Å². The van der Waals surface area contributed by atoms with Crippen LogP contribution in [0.5, 0.6) is 0 Å². The largest absolute Gasteiger partial charge is 0.390 e. The first kappa shape index (κ1) is 20.7. The predicted octanol–water partition coefficient (Wildman–Crippen LogP) is 4.88. The number of benzene rings is 1. The molecule has 142 valence electrons. The number of halogens is 1. The van der Waals surface area contributed by atoms with Crippen molar-refractivity contribution in [3.63, 3.8) is 0 Å². The molecule has 0 aliphatic carbocycles. The van der Waals surface area contributed by atoms with E-state index < -0.39 is 11.6 Å². The Kier molecular flexibility index (Phi) is 6.64. The quantitative estimate of drug-likeness (QED) is 0.669. The molecular formula is C21H30ClN3O. The maximum absolute atomic E-state index is 11.3. The van der Waals surface area contributed by atoms with Crippen molar-refractivity contribution < 1.29 is 5.11 Å². The number of hydrogen-bond acceptors (Lipinski definition) is 3. The van der Waals surface area contributed by atoms with Crippen molar-refractivity contribution in [3.05, 3.63) is 60.2 Å². The Labute approximate surface area is 161 Å². The Balaban J connectivity index is 2.33. The number of allylic oxidation sites excluding steroid dienone is 1. The van der Waals surface area contributed by atoms with Gasteiger partial charge in [0, 0.05) is 5.02 Å². The minimum absolute atomic E-state index is 0.297. The van der Waals surface area contributed by atoms with Crippen molar-refractivity contribution in [2.75, 3.05) is 0 Å². The topological polar surface area (TPSA) is 50.9 Å². The zero-order valence-electron chi connectivity index (χ0n) is 16.2. The van der Waals surface area contributed by atoms with Crippen LogP contribution in [0.25, 0.3) is 0 Å². The molecule has 0 fully saturated rings. The first-order valence-electron chi connectivity index (χ1n) is 9.07. The standard InChI is InChI=1S/C21H30ClN3O/c1-6-11-21(19(26)20(3,4)5,25-15-23-14-24-25)13-16(2)12-17-7-9-18(22)10-8-17/h6-10,14-16,19,26H,1,11-13H2,2-5H3. The van der Waals surface area contributed by atoms with Crippen molar-refractivity contribution in [1.82, 2.24) is 14.8 Å². The Morgan fingerprint density at radius 2 is 1.92 bits per heavy atom. The van der Waals surface area contributed by atoms with Gasteiger partial charge < -0.3 is 5.11 Å². The zero-order valence-corrected chi connectivity index (χ0v) is 16.9. The van der Waals surface area contributed by atoms with E-state index in [2.05, 4.69) is 56.5 Å². The number of aromatic nitrogens is 3. The Morgan fingerprint density at radius 3 is 2.42 bits per heavy atom. The number of nitrogens with zero attached hydrogens (tertiary/aromatic N) is 3. The molecule has 26 heavy (non-hydrogen) atoms. The van der Waals surface area contributed by atoms with Gasteiger partial charge in [0.15, 0.2) is 0 Å². The second-order valence-electron chi connectivity index (χ2n) is 8.34. The molecule has 2 aromatic rings. The van der Waals surface area contributed by atoms with Crippen LogP contribution in [-0.4, -0.2) is 26.0 Å². The number of aliphatic hydroxyl groups is 1. The average molecular weight is 376 g/mol. The van der Waals surface area contributed by atoms with E-state index in [9.17, 15) is 5.11 Å². The monoisotopic (exact) mass is 375 g/mol. The number of rotatable bonds is 8. The minimum Gasteiger partial charge on any atom is -0.390 e. The molecule has 5 heteroatoms. The molecule has 1 heterocycles. The van der Waals surface area contributed by atoms with Gasteiger partial charge in [-0.1, -0.05) is 57.5 Å². The summed E-state index contributed by atoms with van der Waals surface area (Å²) in [5, 5.41) is 16.4. The Bertz CT molecular complexity index is 691. The summed E-state index contributed by atoms with van der Waals surface area (Å²) >= 11 is 5.99. The zero-order chi connectivity index (χ0) is 19.4. The number of hydrogen-bond donors (Lipinski definition) is 1. The molecule has 0 spiro atoms. The first-order valence-corrected chi connectivity index (χ1v) is 9.45. The summed E-state index contributed by atoms with van der Waals surface area (Å²) in [7, 11) is 0. The summed E-state index contributed by atoms with van der Waals surface area (Å²) in [5.74, 6) is 0.331. The maximum atomic E-state index is 11.3.